The lowest BCUT2D eigenvalue weighted by Crippen LogP contribution is -2.38. The maximum atomic E-state index is 12.1. The molecular weight excluding hydrogens is 338 g/mol. The standard InChI is InChI=1S/C15H24ClN3O3S/c1-12-6-7-13(10-14(12)16)17-15(20)11-19(23(4,21)22)9-5-8-18(2)3/h6-7,10H,5,8-9,11H2,1-4H3,(H,17,20). The second-order valence-corrected chi connectivity index (χ2v) is 8.16. The van der Waals surface area contributed by atoms with E-state index < -0.39 is 10.0 Å². The summed E-state index contributed by atoms with van der Waals surface area (Å²) >= 11 is 6.01. The topological polar surface area (TPSA) is 69.7 Å². The van der Waals surface area contributed by atoms with Crippen molar-refractivity contribution < 1.29 is 13.2 Å². The number of anilines is 1. The van der Waals surface area contributed by atoms with Crippen LogP contribution in [0.25, 0.3) is 0 Å². The summed E-state index contributed by atoms with van der Waals surface area (Å²) in [7, 11) is 0.393. The van der Waals surface area contributed by atoms with E-state index in [-0.39, 0.29) is 12.5 Å². The fourth-order valence-electron chi connectivity index (χ4n) is 1.96. The van der Waals surface area contributed by atoms with E-state index in [0.717, 1.165) is 18.4 Å². The predicted molar refractivity (Wildman–Crippen MR) is 94.4 cm³/mol. The van der Waals surface area contributed by atoms with E-state index in [4.69, 9.17) is 11.6 Å². The number of hydrogen-bond donors (Lipinski definition) is 1. The van der Waals surface area contributed by atoms with Gasteiger partial charge in [0.1, 0.15) is 0 Å². The average Bonchev–Trinajstić information content (AvgIpc) is 2.40. The van der Waals surface area contributed by atoms with Gasteiger partial charge in [-0.25, -0.2) is 8.42 Å². The summed E-state index contributed by atoms with van der Waals surface area (Å²) in [6.45, 7) is 2.71. The van der Waals surface area contributed by atoms with Gasteiger partial charge in [-0.05, 0) is 51.7 Å². The Bertz CT molecular complexity index is 647. The van der Waals surface area contributed by atoms with E-state index >= 15 is 0 Å². The third kappa shape index (κ3) is 7.30. The van der Waals surface area contributed by atoms with E-state index in [9.17, 15) is 13.2 Å². The molecule has 1 aromatic carbocycles. The molecule has 0 aliphatic carbocycles. The van der Waals surface area contributed by atoms with E-state index in [2.05, 4.69) is 5.32 Å². The zero-order valence-electron chi connectivity index (χ0n) is 14.0. The molecule has 0 aliphatic heterocycles. The number of carbonyl (C=O) groups is 1. The Morgan fingerprint density at radius 2 is 1.91 bits per heavy atom. The van der Waals surface area contributed by atoms with Crippen LogP contribution < -0.4 is 5.32 Å². The fraction of sp³-hybridized carbons (Fsp3) is 0.533. The Morgan fingerprint density at radius 1 is 1.26 bits per heavy atom. The molecule has 0 unspecified atom stereocenters. The molecule has 0 aliphatic rings. The number of nitrogens with zero attached hydrogens (tertiary/aromatic N) is 2. The minimum Gasteiger partial charge on any atom is -0.325 e. The van der Waals surface area contributed by atoms with Crippen LogP contribution in [0.2, 0.25) is 5.02 Å². The van der Waals surface area contributed by atoms with Crippen LogP contribution in [0.15, 0.2) is 18.2 Å². The smallest absolute Gasteiger partial charge is 0.239 e. The van der Waals surface area contributed by atoms with Crippen LogP contribution in [-0.4, -0.2) is 63.5 Å². The summed E-state index contributed by atoms with van der Waals surface area (Å²) in [4.78, 5) is 14.1. The van der Waals surface area contributed by atoms with Crippen molar-refractivity contribution in [3.8, 4) is 0 Å². The van der Waals surface area contributed by atoms with Crippen LogP contribution >= 0.6 is 11.6 Å². The van der Waals surface area contributed by atoms with Gasteiger partial charge in [0.15, 0.2) is 0 Å². The average molecular weight is 362 g/mol. The van der Waals surface area contributed by atoms with Crippen molar-refractivity contribution in [2.45, 2.75) is 13.3 Å². The second-order valence-electron chi connectivity index (χ2n) is 5.77. The number of carbonyl (C=O) groups excluding carboxylic acids is 1. The Morgan fingerprint density at radius 3 is 2.43 bits per heavy atom. The lowest BCUT2D eigenvalue weighted by molar-refractivity contribution is -0.116. The van der Waals surface area contributed by atoms with E-state index in [0.29, 0.717) is 23.7 Å². The van der Waals surface area contributed by atoms with Crippen LogP contribution in [0, 0.1) is 6.92 Å². The van der Waals surface area contributed by atoms with Gasteiger partial charge in [-0.15, -0.1) is 0 Å². The SMILES string of the molecule is Cc1ccc(NC(=O)CN(CCCN(C)C)S(C)(=O)=O)cc1Cl. The summed E-state index contributed by atoms with van der Waals surface area (Å²) in [5.41, 5.74) is 1.46. The Labute approximate surface area is 143 Å². The molecule has 0 saturated carbocycles. The van der Waals surface area contributed by atoms with Gasteiger partial charge in [-0.3, -0.25) is 4.79 Å². The van der Waals surface area contributed by atoms with Crippen LogP contribution in [0.5, 0.6) is 0 Å². The summed E-state index contributed by atoms with van der Waals surface area (Å²) in [6, 6.07) is 5.17. The maximum absolute atomic E-state index is 12.1. The van der Waals surface area contributed by atoms with Gasteiger partial charge >= 0.3 is 0 Å². The third-order valence-electron chi connectivity index (χ3n) is 3.26. The molecule has 0 spiro atoms. The molecule has 130 valence electrons. The van der Waals surface area contributed by atoms with Crippen molar-refractivity contribution in [1.29, 1.82) is 0 Å². The molecule has 0 bridgehead atoms. The highest BCUT2D eigenvalue weighted by atomic mass is 35.5. The monoisotopic (exact) mass is 361 g/mol. The normalized spacial score (nSPS) is 12.0. The largest absolute Gasteiger partial charge is 0.325 e. The summed E-state index contributed by atoms with van der Waals surface area (Å²) in [5, 5.41) is 3.22. The van der Waals surface area contributed by atoms with Crippen LogP contribution in [-0.2, 0) is 14.8 Å². The zero-order valence-corrected chi connectivity index (χ0v) is 15.5. The number of rotatable bonds is 8. The van der Waals surface area contributed by atoms with Gasteiger partial charge in [-0.2, -0.15) is 4.31 Å². The molecule has 1 aromatic rings. The first-order chi connectivity index (χ1) is 10.6. The lowest BCUT2D eigenvalue weighted by Gasteiger charge is -2.20. The first-order valence-electron chi connectivity index (χ1n) is 7.25. The molecule has 0 aromatic heterocycles. The molecular formula is C15H24ClN3O3S. The molecule has 1 N–H and O–H groups in total. The summed E-state index contributed by atoms with van der Waals surface area (Å²) < 4.78 is 24.8. The number of aryl methyl sites for hydroxylation is 1. The Balaban J connectivity index is 2.67. The molecule has 0 radical (unpaired) electrons. The molecule has 1 rings (SSSR count). The molecule has 0 atom stereocenters. The molecule has 0 heterocycles. The van der Waals surface area contributed by atoms with Crippen LogP contribution in [0.1, 0.15) is 12.0 Å². The molecule has 23 heavy (non-hydrogen) atoms. The highest BCUT2D eigenvalue weighted by Crippen LogP contribution is 2.19. The fourth-order valence-corrected chi connectivity index (χ4v) is 2.95. The van der Waals surface area contributed by atoms with E-state index in [1.807, 2.05) is 25.9 Å². The summed E-state index contributed by atoms with van der Waals surface area (Å²) in [6.07, 6.45) is 1.77. The highest BCUT2D eigenvalue weighted by Gasteiger charge is 2.20. The number of hydrogen-bond acceptors (Lipinski definition) is 4. The molecule has 1 amide bonds. The van der Waals surface area contributed by atoms with Crippen molar-refractivity contribution in [2.24, 2.45) is 0 Å². The number of halogens is 1. The van der Waals surface area contributed by atoms with E-state index in [1.54, 1.807) is 18.2 Å². The zero-order chi connectivity index (χ0) is 17.6. The minimum absolute atomic E-state index is 0.211. The lowest BCUT2D eigenvalue weighted by atomic mass is 10.2. The predicted octanol–water partition coefficient (Wildman–Crippen LogP) is 1.80. The Kier molecular flexibility index (Phi) is 7.47. The van der Waals surface area contributed by atoms with Crippen LogP contribution in [0.4, 0.5) is 5.69 Å². The van der Waals surface area contributed by atoms with Gasteiger partial charge in [0.25, 0.3) is 0 Å². The number of benzene rings is 1. The number of sulfonamides is 1. The van der Waals surface area contributed by atoms with Gasteiger partial charge in [-0.1, -0.05) is 17.7 Å². The Hall–Kier alpha value is -1.15. The molecule has 0 fully saturated rings. The van der Waals surface area contributed by atoms with Gasteiger partial charge in [0, 0.05) is 17.3 Å². The van der Waals surface area contributed by atoms with Gasteiger partial charge < -0.3 is 10.2 Å². The van der Waals surface area contributed by atoms with Crippen molar-refractivity contribution >= 4 is 33.2 Å². The third-order valence-corrected chi connectivity index (χ3v) is 4.91. The van der Waals surface area contributed by atoms with Crippen molar-refractivity contribution in [2.75, 3.05) is 45.3 Å². The minimum atomic E-state index is -3.44. The quantitative estimate of drug-likeness (QED) is 0.766. The van der Waals surface area contributed by atoms with E-state index in [1.165, 1.54) is 4.31 Å². The van der Waals surface area contributed by atoms with Gasteiger partial charge in [0.05, 0.1) is 12.8 Å². The number of amides is 1. The first-order valence-corrected chi connectivity index (χ1v) is 9.48. The van der Waals surface area contributed by atoms with Crippen LogP contribution in [0.3, 0.4) is 0 Å². The van der Waals surface area contributed by atoms with Crippen molar-refractivity contribution in [3.05, 3.63) is 28.8 Å². The molecule has 6 nitrogen and oxygen atoms in total. The van der Waals surface area contributed by atoms with Crippen molar-refractivity contribution in [3.63, 3.8) is 0 Å². The summed E-state index contributed by atoms with van der Waals surface area (Å²) in [5.74, 6) is -0.389. The highest BCUT2D eigenvalue weighted by molar-refractivity contribution is 7.88. The molecule has 0 saturated heterocycles. The van der Waals surface area contributed by atoms with Gasteiger partial charge in [0.2, 0.25) is 15.9 Å². The van der Waals surface area contributed by atoms with Crippen molar-refractivity contribution in [1.82, 2.24) is 9.21 Å². The number of nitrogens with one attached hydrogen (secondary N) is 1. The molecule has 8 heteroatoms. The maximum Gasteiger partial charge on any atom is 0.239 e. The second kappa shape index (κ2) is 8.63. The first kappa shape index (κ1) is 19.9.